The van der Waals surface area contributed by atoms with Crippen molar-refractivity contribution >= 4 is 34.8 Å². The Morgan fingerprint density at radius 3 is 2.64 bits per heavy atom. The van der Waals surface area contributed by atoms with Crippen LogP contribution in [0.1, 0.15) is 27.9 Å². The maximum absolute atomic E-state index is 12.7. The van der Waals surface area contributed by atoms with Gasteiger partial charge in [0.15, 0.2) is 0 Å². The van der Waals surface area contributed by atoms with Gasteiger partial charge in [0.25, 0.3) is 5.91 Å². The van der Waals surface area contributed by atoms with Gasteiger partial charge in [0.05, 0.1) is 10.6 Å². The first-order valence-electron chi connectivity index (χ1n) is 9.81. The van der Waals surface area contributed by atoms with Gasteiger partial charge in [-0.1, -0.05) is 35.3 Å². The van der Waals surface area contributed by atoms with Crippen LogP contribution < -0.4 is 10.2 Å². The highest BCUT2D eigenvalue weighted by atomic mass is 35.5. The molecule has 0 unspecified atom stereocenters. The number of nitrogens with zero attached hydrogens (tertiary/aromatic N) is 2. The molecule has 1 fully saturated rings. The van der Waals surface area contributed by atoms with Gasteiger partial charge in [-0.25, -0.2) is 0 Å². The normalized spacial score (nSPS) is 20.0. The molecule has 4 rings (SSSR count). The van der Waals surface area contributed by atoms with Crippen LogP contribution >= 0.6 is 23.2 Å². The number of amides is 1. The van der Waals surface area contributed by atoms with E-state index >= 15 is 0 Å². The summed E-state index contributed by atoms with van der Waals surface area (Å²) in [7, 11) is 2.17. The number of carbonyl (C=O) groups is 1. The highest BCUT2D eigenvalue weighted by molar-refractivity contribution is 6.36. The molecular weight excluding hydrogens is 393 g/mol. The number of anilines is 1. The van der Waals surface area contributed by atoms with Crippen molar-refractivity contribution in [3.05, 3.63) is 63.1 Å². The number of halogens is 2. The van der Waals surface area contributed by atoms with Gasteiger partial charge in [0.2, 0.25) is 0 Å². The fourth-order valence-corrected chi connectivity index (χ4v) is 4.67. The number of likely N-dealkylation sites (N-methyl/N-ethyl adjacent to an activating group) is 1. The summed E-state index contributed by atoms with van der Waals surface area (Å²) in [5.74, 6) is -0.132. The Balaban J connectivity index is 1.50. The second kappa shape index (κ2) is 8.32. The molecule has 0 spiro atoms. The van der Waals surface area contributed by atoms with Crippen molar-refractivity contribution in [1.29, 1.82) is 0 Å². The van der Waals surface area contributed by atoms with E-state index < -0.39 is 0 Å². The lowest BCUT2D eigenvalue weighted by Crippen LogP contribution is -2.45. The number of benzene rings is 2. The summed E-state index contributed by atoms with van der Waals surface area (Å²) in [6.45, 7) is 4.26. The second-order valence-corrected chi connectivity index (χ2v) is 8.59. The Morgan fingerprint density at radius 1 is 1.11 bits per heavy atom. The van der Waals surface area contributed by atoms with Gasteiger partial charge in [-0.15, -0.1) is 0 Å². The Hall–Kier alpha value is -1.75. The molecule has 28 heavy (non-hydrogen) atoms. The molecule has 148 valence electrons. The van der Waals surface area contributed by atoms with Crippen LogP contribution in [0.25, 0.3) is 0 Å². The highest BCUT2D eigenvalue weighted by Gasteiger charge is 2.26. The fourth-order valence-electron chi connectivity index (χ4n) is 4.17. The minimum atomic E-state index is -0.132. The molecule has 1 amide bonds. The third kappa shape index (κ3) is 4.14. The van der Waals surface area contributed by atoms with E-state index in [1.165, 1.54) is 16.8 Å². The van der Waals surface area contributed by atoms with Crippen molar-refractivity contribution < 1.29 is 4.79 Å². The van der Waals surface area contributed by atoms with E-state index in [2.05, 4.69) is 40.4 Å². The third-order valence-electron chi connectivity index (χ3n) is 5.82. The molecule has 1 aliphatic heterocycles. The van der Waals surface area contributed by atoms with Gasteiger partial charge in [-0.2, -0.15) is 0 Å². The van der Waals surface area contributed by atoms with Crippen LogP contribution in [0, 0.1) is 0 Å². The van der Waals surface area contributed by atoms with E-state index in [-0.39, 0.29) is 11.9 Å². The number of hydrogen-bond donors (Lipinski definition) is 1. The zero-order valence-corrected chi connectivity index (χ0v) is 17.6. The average molecular weight is 418 g/mol. The molecule has 0 aromatic heterocycles. The van der Waals surface area contributed by atoms with Crippen LogP contribution in [0.3, 0.4) is 0 Å². The van der Waals surface area contributed by atoms with Crippen LogP contribution in [-0.4, -0.2) is 50.1 Å². The monoisotopic (exact) mass is 417 g/mol. The van der Waals surface area contributed by atoms with Crippen LogP contribution in [0.5, 0.6) is 0 Å². The minimum absolute atomic E-state index is 0.111. The molecule has 4 nitrogen and oxygen atoms in total. The summed E-state index contributed by atoms with van der Waals surface area (Å²) >= 11 is 12.2. The Kier molecular flexibility index (Phi) is 5.81. The van der Waals surface area contributed by atoms with Gasteiger partial charge in [-0.05, 0) is 61.7 Å². The fraction of sp³-hybridized carbons (Fsp3) is 0.409. The van der Waals surface area contributed by atoms with E-state index in [4.69, 9.17) is 23.2 Å². The van der Waals surface area contributed by atoms with Gasteiger partial charge in [0.1, 0.15) is 0 Å². The summed E-state index contributed by atoms with van der Waals surface area (Å²) in [5, 5.41) is 4.10. The van der Waals surface area contributed by atoms with E-state index in [1.807, 2.05) is 0 Å². The smallest absolute Gasteiger partial charge is 0.253 e. The maximum atomic E-state index is 12.7. The number of carbonyl (C=O) groups excluding carboxylic acids is 1. The van der Waals surface area contributed by atoms with Crippen LogP contribution in [0.4, 0.5) is 5.69 Å². The van der Waals surface area contributed by atoms with Crippen molar-refractivity contribution in [2.45, 2.75) is 25.3 Å². The second-order valence-electron chi connectivity index (χ2n) is 7.74. The molecule has 6 heteroatoms. The molecular formula is C22H25Cl2N3O. The number of rotatable bonds is 3. The molecule has 1 N–H and O–H groups in total. The molecule has 2 aromatic carbocycles. The molecule has 0 radical (unpaired) electrons. The number of piperazine rings is 1. The van der Waals surface area contributed by atoms with Gasteiger partial charge in [0, 0.05) is 42.9 Å². The molecule has 0 saturated carbocycles. The SMILES string of the molecule is CN1CCN(c2cccc3c2C[C@H](NC(=O)c2ccc(Cl)cc2Cl)CC3)CC1. The van der Waals surface area contributed by atoms with Crippen molar-refractivity contribution in [1.82, 2.24) is 10.2 Å². The first kappa shape index (κ1) is 19.6. The zero-order valence-electron chi connectivity index (χ0n) is 16.0. The first-order chi connectivity index (χ1) is 13.5. The minimum Gasteiger partial charge on any atom is -0.369 e. The predicted molar refractivity (Wildman–Crippen MR) is 116 cm³/mol. The molecule has 2 aliphatic rings. The lowest BCUT2D eigenvalue weighted by Gasteiger charge is -2.37. The summed E-state index contributed by atoms with van der Waals surface area (Å²) in [4.78, 5) is 17.6. The van der Waals surface area contributed by atoms with Crippen molar-refractivity contribution in [3.63, 3.8) is 0 Å². The lowest BCUT2D eigenvalue weighted by molar-refractivity contribution is 0.0934. The molecule has 1 heterocycles. The summed E-state index contributed by atoms with van der Waals surface area (Å²) in [6.07, 6.45) is 2.78. The lowest BCUT2D eigenvalue weighted by atomic mass is 9.86. The van der Waals surface area contributed by atoms with E-state index in [1.54, 1.807) is 18.2 Å². The van der Waals surface area contributed by atoms with Crippen molar-refractivity contribution in [2.24, 2.45) is 0 Å². The summed E-state index contributed by atoms with van der Waals surface area (Å²) < 4.78 is 0. The number of aryl methyl sites for hydroxylation is 1. The molecule has 1 atom stereocenters. The highest BCUT2D eigenvalue weighted by Crippen LogP contribution is 2.31. The van der Waals surface area contributed by atoms with Gasteiger partial charge >= 0.3 is 0 Å². The standard InChI is InChI=1S/C22H25Cl2N3O/c1-26-9-11-27(12-10-26)21-4-2-3-15-5-7-17(14-19(15)21)25-22(28)18-8-6-16(23)13-20(18)24/h2-4,6,8,13,17H,5,7,9-12,14H2,1H3,(H,25,28)/t17-/m1/s1. The average Bonchev–Trinajstić information content (AvgIpc) is 2.68. The Labute approximate surface area is 176 Å². The Bertz CT molecular complexity index is 878. The number of fused-ring (bicyclic) bond motifs is 1. The topological polar surface area (TPSA) is 35.6 Å². The third-order valence-corrected chi connectivity index (χ3v) is 6.36. The predicted octanol–water partition coefficient (Wildman–Crippen LogP) is 4.03. The maximum Gasteiger partial charge on any atom is 0.253 e. The van der Waals surface area contributed by atoms with E-state index in [0.717, 1.165) is 45.4 Å². The van der Waals surface area contributed by atoms with Gasteiger partial charge < -0.3 is 15.1 Å². The molecule has 0 bridgehead atoms. The van der Waals surface area contributed by atoms with Crippen molar-refractivity contribution in [3.8, 4) is 0 Å². The van der Waals surface area contributed by atoms with Crippen LogP contribution in [0.2, 0.25) is 10.0 Å². The molecule has 2 aromatic rings. The first-order valence-corrected chi connectivity index (χ1v) is 10.6. The van der Waals surface area contributed by atoms with Crippen molar-refractivity contribution in [2.75, 3.05) is 38.1 Å². The quantitative estimate of drug-likeness (QED) is 0.818. The Morgan fingerprint density at radius 2 is 1.89 bits per heavy atom. The molecule has 1 saturated heterocycles. The molecule has 1 aliphatic carbocycles. The largest absolute Gasteiger partial charge is 0.369 e. The zero-order chi connectivity index (χ0) is 19.7. The van der Waals surface area contributed by atoms with Crippen LogP contribution in [0.15, 0.2) is 36.4 Å². The van der Waals surface area contributed by atoms with Gasteiger partial charge in [-0.3, -0.25) is 4.79 Å². The summed E-state index contributed by atoms with van der Waals surface area (Å²) in [5.41, 5.74) is 4.59. The number of hydrogen-bond acceptors (Lipinski definition) is 3. The van der Waals surface area contributed by atoms with E-state index in [0.29, 0.717) is 15.6 Å². The van der Waals surface area contributed by atoms with Crippen LogP contribution in [-0.2, 0) is 12.8 Å². The number of nitrogens with one attached hydrogen (secondary N) is 1. The van der Waals surface area contributed by atoms with E-state index in [9.17, 15) is 4.79 Å². The summed E-state index contributed by atoms with van der Waals surface area (Å²) in [6, 6.07) is 11.7.